The van der Waals surface area contributed by atoms with Crippen molar-refractivity contribution >= 4 is 0 Å². The number of likely N-dealkylation sites (tertiary alicyclic amines) is 1. The summed E-state index contributed by atoms with van der Waals surface area (Å²) in [5.41, 5.74) is 0.0414. The van der Waals surface area contributed by atoms with E-state index < -0.39 is 0 Å². The van der Waals surface area contributed by atoms with Crippen LogP contribution in [0.1, 0.15) is 40.0 Å². The number of aliphatic hydroxyl groups is 1. The molecule has 0 radical (unpaired) electrons. The lowest BCUT2D eigenvalue weighted by Crippen LogP contribution is -2.31. The van der Waals surface area contributed by atoms with Crippen LogP contribution in [-0.2, 0) is 0 Å². The van der Waals surface area contributed by atoms with Gasteiger partial charge in [-0.1, -0.05) is 20.8 Å². The first kappa shape index (κ1) is 11.0. The van der Waals surface area contributed by atoms with Crippen LogP contribution in [0.15, 0.2) is 0 Å². The summed E-state index contributed by atoms with van der Waals surface area (Å²) in [5.74, 6) is 0. The van der Waals surface area contributed by atoms with Gasteiger partial charge in [0.15, 0.2) is 0 Å². The molecule has 0 aromatic rings. The average Bonchev–Trinajstić information content (AvgIpc) is 2.50. The van der Waals surface area contributed by atoms with Crippen molar-refractivity contribution < 1.29 is 5.11 Å². The minimum atomic E-state index is -0.159. The SMILES string of the molecule is CC(C)(C)[C@H](O)CCN1CCCC1. The van der Waals surface area contributed by atoms with Gasteiger partial charge in [0.05, 0.1) is 6.10 Å². The van der Waals surface area contributed by atoms with Gasteiger partial charge < -0.3 is 10.0 Å². The van der Waals surface area contributed by atoms with Crippen molar-refractivity contribution in [3.05, 3.63) is 0 Å². The fourth-order valence-corrected chi connectivity index (χ4v) is 1.74. The highest BCUT2D eigenvalue weighted by molar-refractivity contribution is 4.75. The molecule has 1 heterocycles. The number of nitrogens with zero attached hydrogens (tertiary/aromatic N) is 1. The molecule has 1 saturated heterocycles. The molecule has 0 unspecified atom stereocenters. The molecule has 1 aliphatic heterocycles. The summed E-state index contributed by atoms with van der Waals surface area (Å²) >= 11 is 0. The molecule has 1 aliphatic rings. The molecule has 0 aliphatic carbocycles. The zero-order valence-corrected chi connectivity index (χ0v) is 9.21. The van der Waals surface area contributed by atoms with Gasteiger partial charge in [-0.15, -0.1) is 0 Å². The zero-order valence-electron chi connectivity index (χ0n) is 9.21. The van der Waals surface area contributed by atoms with Crippen LogP contribution < -0.4 is 0 Å². The minimum absolute atomic E-state index is 0.0414. The molecule has 1 rings (SSSR count). The Kier molecular flexibility index (Phi) is 3.74. The smallest absolute Gasteiger partial charge is 0.0600 e. The molecular formula is C11H23NO. The summed E-state index contributed by atoms with van der Waals surface area (Å²) < 4.78 is 0. The molecule has 0 spiro atoms. The molecule has 0 aromatic carbocycles. The summed E-state index contributed by atoms with van der Waals surface area (Å²) in [7, 11) is 0. The fourth-order valence-electron chi connectivity index (χ4n) is 1.74. The third-order valence-electron chi connectivity index (χ3n) is 2.92. The van der Waals surface area contributed by atoms with Crippen molar-refractivity contribution in [3.8, 4) is 0 Å². The topological polar surface area (TPSA) is 23.5 Å². The lowest BCUT2D eigenvalue weighted by molar-refractivity contribution is 0.0477. The van der Waals surface area contributed by atoms with Gasteiger partial charge in [0.1, 0.15) is 0 Å². The van der Waals surface area contributed by atoms with Crippen molar-refractivity contribution in [2.75, 3.05) is 19.6 Å². The van der Waals surface area contributed by atoms with Gasteiger partial charge in [0.25, 0.3) is 0 Å². The van der Waals surface area contributed by atoms with Gasteiger partial charge in [0.2, 0.25) is 0 Å². The van der Waals surface area contributed by atoms with Crippen molar-refractivity contribution in [2.45, 2.75) is 46.1 Å². The van der Waals surface area contributed by atoms with E-state index in [2.05, 4.69) is 25.7 Å². The van der Waals surface area contributed by atoms with Gasteiger partial charge in [-0.25, -0.2) is 0 Å². The highest BCUT2D eigenvalue weighted by atomic mass is 16.3. The number of hydrogen-bond donors (Lipinski definition) is 1. The van der Waals surface area contributed by atoms with E-state index in [1.165, 1.54) is 25.9 Å². The monoisotopic (exact) mass is 185 g/mol. The molecular weight excluding hydrogens is 162 g/mol. The second-order valence-corrected chi connectivity index (χ2v) is 5.22. The minimum Gasteiger partial charge on any atom is -0.393 e. The number of aliphatic hydroxyl groups excluding tert-OH is 1. The molecule has 2 nitrogen and oxygen atoms in total. The van der Waals surface area contributed by atoms with E-state index in [0.29, 0.717) is 0 Å². The molecule has 1 atom stereocenters. The largest absolute Gasteiger partial charge is 0.393 e. The average molecular weight is 185 g/mol. The highest BCUT2D eigenvalue weighted by Gasteiger charge is 2.23. The maximum absolute atomic E-state index is 9.82. The van der Waals surface area contributed by atoms with E-state index >= 15 is 0 Å². The third kappa shape index (κ3) is 3.65. The van der Waals surface area contributed by atoms with E-state index in [0.717, 1.165) is 13.0 Å². The second-order valence-electron chi connectivity index (χ2n) is 5.22. The molecule has 1 fully saturated rings. The Balaban J connectivity index is 2.17. The van der Waals surface area contributed by atoms with Crippen molar-refractivity contribution in [1.29, 1.82) is 0 Å². The third-order valence-corrected chi connectivity index (χ3v) is 2.92. The van der Waals surface area contributed by atoms with E-state index in [1.807, 2.05) is 0 Å². The van der Waals surface area contributed by atoms with Crippen LogP contribution in [0.5, 0.6) is 0 Å². The standard InChI is InChI=1S/C11H23NO/c1-11(2,3)10(13)6-9-12-7-4-5-8-12/h10,13H,4-9H2,1-3H3/t10-/m1/s1. The molecule has 2 heteroatoms. The Morgan fingerprint density at radius 2 is 1.77 bits per heavy atom. The van der Waals surface area contributed by atoms with Gasteiger partial charge in [-0.3, -0.25) is 0 Å². The van der Waals surface area contributed by atoms with Crippen LogP contribution in [0.2, 0.25) is 0 Å². The van der Waals surface area contributed by atoms with Crippen LogP contribution in [-0.4, -0.2) is 35.7 Å². The van der Waals surface area contributed by atoms with Crippen LogP contribution in [0.4, 0.5) is 0 Å². The highest BCUT2D eigenvalue weighted by Crippen LogP contribution is 2.22. The predicted octanol–water partition coefficient (Wildman–Crippen LogP) is 1.88. The van der Waals surface area contributed by atoms with Gasteiger partial charge in [-0.2, -0.15) is 0 Å². The molecule has 78 valence electrons. The fraction of sp³-hybridized carbons (Fsp3) is 1.00. The molecule has 0 amide bonds. The van der Waals surface area contributed by atoms with E-state index in [9.17, 15) is 5.11 Å². The normalized spacial score (nSPS) is 22.2. The van der Waals surface area contributed by atoms with Crippen molar-refractivity contribution in [3.63, 3.8) is 0 Å². The number of hydrogen-bond acceptors (Lipinski definition) is 2. The Morgan fingerprint density at radius 1 is 1.23 bits per heavy atom. The first-order valence-corrected chi connectivity index (χ1v) is 5.40. The van der Waals surface area contributed by atoms with Crippen LogP contribution in [0.25, 0.3) is 0 Å². The quantitative estimate of drug-likeness (QED) is 0.725. The lowest BCUT2D eigenvalue weighted by Gasteiger charge is -2.27. The molecule has 13 heavy (non-hydrogen) atoms. The Morgan fingerprint density at radius 3 is 2.23 bits per heavy atom. The first-order chi connectivity index (χ1) is 6.00. The maximum atomic E-state index is 9.82. The van der Waals surface area contributed by atoms with Crippen LogP contribution in [0, 0.1) is 5.41 Å². The van der Waals surface area contributed by atoms with Crippen LogP contribution >= 0.6 is 0 Å². The predicted molar refractivity (Wildman–Crippen MR) is 55.8 cm³/mol. The van der Waals surface area contributed by atoms with E-state index in [4.69, 9.17) is 0 Å². The zero-order chi connectivity index (χ0) is 9.90. The molecule has 0 bridgehead atoms. The Labute approximate surface area is 81.9 Å². The number of rotatable bonds is 3. The van der Waals surface area contributed by atoms with Gasteiger partial charge in [0, 0.05) is 6.54 Å². The van der Waals surface area contributed by atoms with E-state index in [1.54, 1.807) is 0 Å². The summed E-state index contributed by atoms with van der Waals surface area (Å²) in [6.45, 7) is 9.83. The summed E-state index contributed by atoms with van der Waals surface area (Å²) in [5, 5.41) is 9.82. The van der Waals surface area contributed by atoms with Gasteiger partial charge in [-0.05, 0) is 37.8 Å². The van der Waals surface area contributed by atoms with E-state index in [-0.39, 0.29) is 11.5 Å². The maximum Gasteiger partial charge on any atom is 0.0600 e. The molecule has 0 aromatic heterocycles. The second kappa shape index (κ2) is 4.43. The molecule has 1 N–H and O–H groups in total. The van der Waals surface area contributed by atoms with Crippen molar-refractivity contribution in [2.24, 2.45) is 5.41 Å². The lowest BCUT2D eigenvalue weighted by atomic mass is 9.87. The van der Waals surface area contributed by atoms with Crippen LogP contribution in [0.3, 0.4) is 0 Å². The first-order valence-electron chi connectivity index (χ1n) is 5.40. The summed E-state index contributed by atoms with van der Waals surface area (Å²) in [6, 6.07) is 0. The molecule has 0 saturated carbocycles. The van der Waals surface area contributed by atoms with Crippen molar-refractivity contribution in [1.82, 2.24) is 4.90 Å². The summed E-state index contributed by atoms with van der Waals surface area (Å²) in [6.07, 6.45) is 3.44. The summed E-state index contributed by atoms with van der Waals surface area (Å²) in [4.78, 5) is 2.45. The van der Waals surface area contributed by atoms with Gasteiger partial charge >= 0.3 is 0 Å². The Hall–Kier alpha value is -0.0800. The Bertz CT molecular complexity index is 145.